The number of aromatic nitrogens is 4. The molecular formula is C29H31F2N7. The van der Waals surface area contributed by atoms with E-state index in [1.54, 1.807) is 10.7 Å². The Kier molecular flexibility index (Phi) is 7.20. The van der Waals surface area contributed by atoms with Gasteiger partial charge in [0.15, 0.2) is 0 Å². The summed E-state index contributed by atoms with van der Waals surface area (Å²) in [5, 5.41) is 7.02. The molecule has 196 valence electrons. The van der Waals surface area contributed by atoms with E-state index in [1.807, 2.05) is 43.7 Å². The summed E-state index contributed by atoms with van der Waals surface area (Å²) in [5.41, 5.74) is 7.34. The molecule has 7 nitrogen and oxygen atoms in total. The van der Waals surface area contributed by atoms with Crippen molar-refractivity contribution >= 4 is 22.6 Å². The van der Waals surface area contributed by atoms with Crippen LogP contribution in [0.1, 0.15) is 22.4 Å². The van der Waals surface area contributed by atoms with Crippen LogP contribution in [0.25, 0.3) is 27.9 Å². The van der Waals surface area contributed by atoms with Crippen molar-refractivity contribution in [3.05, 3.63) is 90.7 Å². The lowest BCUT2D eigenvalue weighted by Crippen LogP contribution is -2.44. The molecule has 1 aliphatic heterocycles. The van der Waals surface area contributed by atoms with Crippen LogP contribution in [0.2, 0.25) is 0 Å². The Morgan fingerprint density at radius 2 is 1.79 bits per heavy atom. The number of likely N-dealkylation sites (N-methyl/N-ethyl adjacent to an activating group) is 1. The smallest absolute Gasteiger partial charge is 0.255 e. The summed E-state index contributed by atoms with van der Waals surface area (Å²) in [4.78, 5) is 13.9. The third-order valence-electron chi connectivity index (χ3n) is 6.98. The van der Waals surface area contributed by atoms with Gasteiger partial charge >= 0.3 is 0 Å². The molecule has 0 unspecified atom stereocenters. The van der Waals surface area contributed by atoms with E-state index in [0.29, 0.717) is 11.3 Å². The fraction of sp³-hybridized carbons (Fsp3) is 0.276. The standard InChI is InChI=1S/C29H31F2N7/c1-19(22-6-8-38-27(14-22)26(17-35-38)21(3)34-18-28(30)31)25-13-24(16-33-20(25)2)23-5-7-32-29(15-23)37-11-9-36(4)10-12-37/h5-8,13-17,28,34H,1,3,9-12,18H2,2,4H3. The second kappa shape index (κ2) is 10.7. The SMILES string of the molecule is C=C(c1ccn2ncc(C(=C)NCC(F)F)c2c1)c1cc(-c2ccnc(N3CCN(C)CC3)c2)cnc1C. The van der Waals surface area contributed by atoms with E-state index in [2.05, 4.69) is 62.5 Å². The van der Waals surface area contributed by atoms with E-state index >= 15 is 0 Å². The van der Waals surface area contributed by atoms with Crippen LogP contribution in [0.3, 0.4) is 0 Å². The molecule has 4 aromatic rings. The van der Waals surface area contributed by atoms with Gasteiger partial charge in [0.2, 0.25) is 0 Å². The van der Waals surface area contributed by atoms with E-state index in [0.717, 1.165) is 71.0 Å². The number of nitrogens with one attached hydrogen (secondary N) is 1. The van der Waals surface area contributed by atoms with E-state index in [4.69, 9.17) is 0 Å². The lowest BCUT2D eigenvalue weighted by atomic mass is 9.96. The van der Waals surface area contributed by atoms with Crippen molar-refractivity contribution < 1.29 is 8.78 Å². The number of hydrogen-bond acceptors (Lipinski definition) is 6. The number of hydrogen-bond donors (Lipinski definition) is 1. The highest BCUT2D eigenvalue weighted by Gasteiger charge is 2.17. The van der Waals surface area contributed by atoms with E-state index in [-0.39, 0.29) is 0 Å². The molecule has 0 radical (unpaired) electrons. The van der Waals surface area contributed by atoms with Crippen LogP contribution in [0, 0.1) is 6.92 Å². The molecule has 1 fully saturated rings. The van der Waals surface area contributed by atoms with Gasteiger partial charge in [0.05, 0.1) is 18.3 Å². The van der Waals surface area contributed by atoms with Gasteiger partial charge in [-0.3, -0.25) is 4.98 Å². The van der Waals surface area contributed by atoms with Gasteiger partial charge in [-0.25, -0.2) is 18.3 Å². The fourth-order valence-electron chi connectivity index (χ4n) is 4.65. The van der Waals surface area contributed by atoms with Gasteiger partial charge in [0.25, 0.3) is 6.43 Å². The van der Waals surface area contributed by atoms with E-state index < -0.39 is 13.0 Å². The van der Waals surface area contributed by atoms with Crippen molar-refractivity contribution in [3.63, 3.8) is 0 Å². The van der Waals surface area contributed by atoms with E-state index in [9.17, 15) is 8.78 Å². The predicted molar refractivity (Wildman–Crippen MR) is 148 cm³/mol. The molecular weight excluding hydrogens is 484 g/mol. The molecule has 5 rings (SSSR count). The number of nitrogens with zero attached hydrogens (tertiary/aromatic N) is 6. The summed E-state index contributed by atoms with van der Waals surface area (Å²) < 4.78 is 27.1. The Morgan fingerprint density at radius 3 is 2.55 bits per heavy atom. The molecule has 0 atom stereocenters. The Morgan fingerprint density at radius 1 is 1.00 bits per heavy atom. The topological polar surface area (TPSA) is 61.6 Å². The third-order valence-corrected chi connectivity index (χ3v) is 6.98. The first-order valence-electron chi connectivity index (χ1n) is 12.5. The van der Waals surface area contributed by atoms with Crippen molar-refractivity contribution in [2.75, 3.05) is 44.7 Å². The van der Waals surface area contributed by atoms with Gasteiger partial charge in [-0.05, 0) is 61.0 Å². The van der Waals surface area contributed by atoms with Crippen LogP contribution in [-0.4, -0.2) is 70.7 Å². The molecule has 4 aromatic heterocycles. The fourth-order valence-corrected chi connectivity index (χ4v) is 4.65. The minimum Gasteiger partial charge on any atom is -0.379 e. The first kappa shape index (κ1) is 25.5. The molecule has 0 spiro atoms. The van der Waals surface area contributed by atoms with Crippen LogP contribution < -0.4 is 10.2 Å². The van der Waals surface area contributed by atoms with Gasteiger partial charge in [-0.2, -0.15) is 5.10 Å². The second-order valence-corrected chi connectivity index (χ2v) is 9.58. The summed E-state index contributed by atoms with van der Waals surface area (Å²) >= 11 is 0. The van der Waals surface area contributed by atoms with Gasteiger partial charge in [0.1, 0.15) is 5.82 Å². The lowest BCUT2D eigenvalue weighted by Gasteiger charge is -2.33. The van der Waals surface area contributed by atoms with Crippen molar-refractivity contribution in [3.8, 4) is 11.1 Å². The van der Waals surface area contributed by atoms with Gasteiger partial charge in [-0.1, -0.05) is 13.2 Å². The summed E-state index contributed by atoms with van der Waals surface area (Å²) in [7, 11) is 2.14. The maximum absolute atomic E-state index is 12.7. The number of piperazine rings is 1. The van der Waals surface area contributed by atoms with Crippen molar-refractivity contribution in [2.24, 2.45) is 0 Å². The van der Waals surface area contributed by atoms with E-state index in [1.165, 1.54) is 0 Å². The number of aryl methyl sites for hydroxylation is 1. The van der Waals surface area contributed by atoms with Crippen molar-refractivity contribution in [1.82, 2.24) is 29.8 Å². The number of rotatable bonds is 8. The molecule has 1 aliphatic rings. The highest BCUT2D eigenvalue weighted by atomic mass is 19.3. The second-order valence-electron chi connectivity index (χ2n) is 9.58. The van der Waals surface area contributed by atoms with Crippen LogP contribution in [-0.2, 0) is 0 Å². The number of pyridine rings is 3. The largest absolute Gasteiger partial charge is 0.379 e. The Bertz CT molecular complexity index is 1490. The van der Waals surface area contributed by atoms with Gasteiger partial charge < -0.3 is 15.1 Å². The predicted octanol–water partition coefficient (Wildman–Crippen LogP) is 4.74. The highest BCUT2D eigenvalue weighted by Crippen LogP contribution is 2.31. The summed E-state index contributed by atoms with van der Waals surface area (Å²) in [5.74, 6) is 0.968. The molecule has 0 amide bonds. The minimum atomic E-state index is -2.47. The minimum absolute atomic E-state index is 0.400. The average Bonchev–Trinajstić information content (AvgIpc) is 3.35. The summed E-state index contributed by atoms with van der Waals surface area (Å²) in [6.07, 6.45) is 4.72. The van der Waals surface area contributed by atoms with Crippen LogP contribution in [0.15, 0.2) is 68.3 Å². The normalized spacial score (nSPS) is 14.3. The molecule has 0 saturated carbocycles. The maximum atomic E-state index is 12.7. The molecule has 0 bridgehead atoms. The monoisotopic (exact) mass is 515 g/mol. The summed E-state index contributed by atoms with van der Waals surface area (Å²) in [6, 6.07) is 10.1. The quantitative estimate of drug-likeness (QED) is 0.366. The third kappa shape index (κ3) is 5.28. The molecule has 9 heteroatoms. The average molecular weight is 516 g/mol. The molecule has 1 N–H and O–H groups in total. The first-order chi connectivity index (χ1) is 18.3. The number of halogens is 2. The Hall–Kier alpha value is -4.11. The lowest BCUT2D eigenvalue weighted by molar-refractivity contribution is 0.151. The molecule has 38 heavy (non-hydrogen) atoms. The molecule has 1 saturated heterocycles. The first-order valence-corrected chi connectivity index (χ1v) is 12.5. The molecule has 5 heterocycles. The Balaban J connectivity index is 1.44. The summed E-state index contributed by atoms with van der Waals surface area (Å²) in [6.45, 7) is 13.7. The van der Waals surface area contributed by atoms with Gasteiger partial charge in [-0.15, -0.1) is 0 Å². The molecule has 0 aromatic carbocycles. The number of anilines is 1. The maximum Gasteiger partial charge on any atom is 0.255 e. The zero-order valence-electron chi connectivity index (χ0n) is 21.7. The highest BCUT2D eigenvalue weighted by molar-refractivity contribution is 5.85. The zero-order valence-corrected chi connectivity index (χ0v) is 21.7. The van der Waals surface area contributed by atoms with Crippen LogP contribution in [0.4, 0.5) is 14.6 Å². The van der Waals surface area contributed by atoms with Gasteiger partial charge in [0, 0.05) is 72.9 Å². The van der Waals surface area contributed by atoms with Crippen LogP contribution >= 0.6 is 0 Å². The molecule has 0 aliphatic carbocycles. The zero-order chi connectivity index (χ0) is 26.8. The van der Waals surface area contributed by atoms with Crippen molar-refractivity contribution in [1.29, 1.82) is 0 Å². The number of alkyl halides is 2. The van der Waals surface area contributed by atoms with Crippen molar-refractivity contribution in [2.45, 2.75) is 13.3 Å². The van der Waals surface area contributed by atoms with Crippen LogP contribution in [0.5, 0.6) is 0 Å². The number of fused-ring (bicyclic) bond motifs is 1. The Labute approximate surface area is 221 Å².